The van der Waals surface area contributed by atoms with Crippen LogP contribution in [0, 0.1) is 0 Å². The zero-order valence-corrected chi connectivity index (χ0v) is 12.1. The SMILES string of the molecule is CCc1nnc(NC(=O)N[C@H](C(=O)O)[C@@H](C)O)nc1CC. The topological polar surface area (TPSA) is 137 Å². The predicted octanol–water partition coefficient (Wildman–Crippen LogP) is -0.0481. The highest BCUT2D eigenvalue weighted by molar-refractivity contribution is 5.90. The number of carboxylic acid groups (broad SMARTS) is 1. The van der Waals surface area contributed by atoms with E-state index in [9.17, 15) is 14.7 Å². The molecule has 9 nitrogen and oxygen atoms in total. The van der Waals surface area contributed by atoms with Crippen LogP contribution in [0.1, 0.15) is 32.2 Å². The molecule has 1 aromatic heterocycles. The second-order valence-electron chi connectivity index (χ2n) is 4.39. The molecule has 0 unspecified atom stereocenters. The Morgan fingerprint density at radius 1 is 1.19 bits per heavy atom. The molecule has 0 saturated heterocycles. The number of aliphatic carboxylic acids is 1. The summed E-state index contributed by atoms with van der Waals surface area (Å²) >= 11 is 0. The maximum atomic E-state index is 11.7. The first-order chi connectivity index (χ1) is 9.88. The molecule has 1 aromatic rings. The molecule has 0 aliphatic carbocycles. The van der Waals surface area contributed by atoms with Gasteiger partial charge in [0.2, 0.25) is 0 Å². The van der Waals surface area contributed by atoms with Crippen molar-refractivity contribution in [1.82, 2.24) is 20.5 Å². The second kappa shape index (κ2) is 7.48. The largest absolute Gasteiger partial charge is 0.480 e. The molecule has 4 N–H and O–H groups in total. The number of nitrogens with one attached hydrogen (secondary N) is 2. The van der Waals surface area contributed by atoms with Gasteiger partial charge in [0.15, 0.2) is 6.04 Å². The lowest BCUT2D eigenvalue weighted by molar-refractivity contribution is -0.141. The third kappa shape index (κ3) is 4.63. The van der Waals surface area contributed by atoms with Gasteiger partial charge in [-0.05, 0) is 19.8 Å². The number of carbonyl (C=O) groups excluding carboxylic acids is 1. The molecular formula is C12H19N5O4. The number of aromatic nitrogens is 3. The lowest BCUT2D eigenvalue weighted by Crippen LogP contribution is -2.49. The minimum atomic E-state index is -1.42. The number of carbonyl (C=O) groups is 2. The minimum absolute atomic E-state index is 0.0173. The molecule has 21 heavy (non-hydrogen) atoms. The van der Waals surface area contributed by atoms with Crippen molar-refractivity contribution in [2.24, 2.45) is 0 Å². The number of hydrogen-bond acceptors (Lipinski definition) is 6. The Labute approximate surface area is 121 Å². The molecule has 0 bridgehead atoms. The zero-order chi connectivity index (χ0) is 16.0. The van der Waals surface area contributed by atoms with Crippen molar-refractivity contribution < 1.29 is 19.8 Å². The van der Waals surface area contributed by atoms with Crippen LogP contribution in [0.4, 0.5) is 10.7 Å². The van der Waals surface area contributed by atoms with Gasteiger partial charge >= 0.3 is 12.0 Å². The van der Waals surface area contributed by atoms with Crippen molar-refractivity contribution in [2.75, 3.05) is 5.32 Å². The minimum Gasteiger partial charge on any atom is -0.480 e. The van der Waals surface area contributed by atoms with Crippen LogP contribution < -0.4 is 10.6 Å². The van der Waals surface area contributed by atoms with E-state index in [-0.39, 0.29) is 5.95 Å². The summed E-state index contributed by atoms with van der Waals surface area (Å²) in [6.07, 6.45) is 0.0834. The fraction of sp³-hybridized carbons (Fsp3) is 0.583. The molecule has 0 aromatic carbocycles. The first-order valence-electron chi connectivity index (χ1n) is 6.59. The maximum Gasteiger partial charge on any atom is 0.328 e. The molecule has 116 valence electrons. The average Bonchev–Trinajstić information content (AvgIpc) is 2.43. The van der Waals surface area contributed by atoms with Crippen LogP contribution >= 0.6 is 0 Å². The number of aliphatic hydroxyl groups excluding tert-OH is 1. The zero-order valence-electron chi connectivity index (χ0n) is 12.1. The van der Waals surface area contributed by atoms with E-state index in [2.05, 4.69) is 25.8 Å². The second-order valence-corrected chi connectivity index (χ2v) is 4.39. The lowest BCUT2D eigenvalue weighted by Gasteiger charge is -2.17. The molecule has 0 saturated carbocycles. The third-order valence-corrected chi connectivity index (χ3v) is 2.77. The Kier molecular flexibility index (Phi) is 5.97. The van der Waals surface area contributed by atoms with Crippen molar-refractivity contribution >= 4 is 17.9 Å². The monoisotopic (exact) mass is 297 g/mol. The van der Waals surface area contributed by atoms with E-state index in [1.165, 1.54) is 6.92 Å². The lowest BCUT2D eigenvalue weighted by atomic mass is 10.2. The standard InChI is InChI=1S/C12H19N5O4/c1-4-7-8(5-2)16-17-11(13-7)15-12(21)14-9(6(3)18)10(19)20/h6,9,18H,4-5H2,1-3H3,(H,19,20)(H2,13,14,15,17,21)/t6-,9+/m1/s1. The summed E-state index contributed by atoms with van der Waals surface area (Å²) in [5, 5.41) is 30.3. The van der Waals surface area contributed by atoms with Gasteiger partial charge in [0.25, 0.3) is 5.95 Å². The van der Waals surface area contributed by atoms with Gasteiger partial charge in [0.1, 0.15) is 0 Å². The van der Waals surface area contributed by atoms with Crippen LogP contribution in [0.5, 0.6) is 0 Å². The van der Waals surface area contributed by atoms with Crippen LogP contribution in [-0.4, -0.2) is 49.5 Å². The highest BCUT2D eigenvalue weighted by Crippen LogP contribution is 2.06. The van der Waals surface area contributed by atoms with Gasteiger partial charge in [-0.2, -0.15) is 0 Å². The van der Waals surface area contributed by atoms with E-state index in [1.54, 1.807) is 0 Å². The number of anilines is 1. The van der Waals surface area contributed by atoms with E-state index in [1.807, 2.05) is 13.8 Å². The summed E-state index contributed by atoms with van der Waals surface area (Å²) in [6.45, 7) is 5.09. The summed E-state index contributed by atoms with van der Waals surface area (Å²) in [7, 11) is 0. The van der Waals surface area contributed by atoms with Crippen molar-refractivity contribution in [3.8, 4) is 0 Å². The number of urea groups is 1. The Morgan fingerprint density at radius 2 is 1.81 bits per heavy atom. The normalized spacial score (nSPS) is 13.3. The molecular weight excluding hydrogens is 278 g/mol. The molecule has 2 atom stereocenters. The summed E-state index contributed by atoms with van der Waals surface area (Å²) < 4.78 is 0. The van der Waals surface area contributed by atoms with Crippen molar-refractivity contribution in [2.45, 2.75) is 45.8 Å². The van der Waals surface area contributed by atoms with Gasteiger partial charge in [-0.1, -0.05) is 13.8 Å². The smallest absolute Gasteiger partial charge is 0.328 e. The van der Waals surface area contributed by atoms with E-state index in [0.29, 0.717) is 18.5 Å². The number of nitrogens with zero attached hydrogens (tertiary/aromatic N) is 3. The third-order valence-electron chi connectivity index (χ3n) is 2.77. The molecule has 0 aliphatic rings. The average molecular weight is 297 g/mol. The summed E-state index contributed by atoms with van der Waals surface area (Å²) in [5.41, 5.74) is 1.46. The number of carboxylic acids is 1. The number of aliphatic hydroxyl groups is 1. The van der Waals surface area contributed by atoms with Crippen molar-refractivity contribution in [3.05, 3.63) is 11.4 Å². The van der Waals surface area contributed by atoms with Gasteiger partial charge < -0.3 is 15.5 Å². The van der Waals surface area contributed by atoms with Crippen LogP contribution in [0.3, 0.4) is 0 Å². The van der Waals surface area contributed by atoms with Gasteiger partial charge in [-0.15, -0.1) is 10.2 Å². The summed E-state index contributed by atoms with van der Waals surface area (Å²) in [5.74, 6) is -1.36. The highest BCUT2D eigenvalue weighted by Gasteiger charge is 2.25. The number of aryl methyl sites for hydroxylation is 2. The maximum absolute atomic E-state index is 11.7. The van der Waals surface area contributed by atoms with Crippen molar-refractivity contribution in [1.29, 1.82) is 0 Å². The van der Waals surface area contributed by atoms with Crippen LogP contribution in [0.2, 0.25) is 0 Å². The molecule has 0 radical (unpaired) electrons. The van der Waals surface area contributed by atoms with Gasteiger partial charge in [0, 0.05) is 0 Å². The quantitative estimate of drug-likeness (QED) is 0.577. The Hall–Kier alpha value is -2.29. The van der Waals surface area contributed by atoms with E-state index < -0.39 is 24.1 Å². The fourth-order valence-electron chi connectivity index (χ4n) is 1.66. The van der Waals surface area contributed by atoms with E-state index in [0.717, 1.165) is 5.69 Å². The molecule has 9 heteroatoms. The molecule has 1 heterocycles. The first-order valence-corrected chi connectivity index (χ1v) is 6.59. The Morgan fingerprint density at radius 3 is 2.29 bits per heavy atom. The Bertz CT molecular complexity index is 520. The van der Waals surface area contributed by atoms with Crippen molar-refractivity contribution in [3.63, 3.8) is 0 Å². The first kappa shape index (κ1) is 16.8. The van der Waals surface area contributed by atoms with E-state index >= 15 is 0 Å². The van der Waals surface area contributed by atoms with E-state index in [4.69, 9.17) is 5.11 Å². The highest BCUT2D eigenvalue weighted by atomic mass is 16.4. The molecule has 0 aliphatic heterocycles. The predicted molar refractivity (Wildman–Crippen MR) is 73.8 cm³/mol. The molecule has 2 amide bonds. The summed E-state index contributed by atoms with van der Waals surface area (Å²) in [6, 6.07) is -2.24. The van der Waals surface area contributed by atoms with Gasteiger partial charge in [-0.25, -0.2) is 14.6 Å². The number of rotatable bonds is 6. The fourth-order valence-corrected chi connectivity index (χ4v) is 1.66. The molecule has 0 fully saturated rings. The van der Waals surface area contributed by atoms with Gasteiger partial charge in [-0.3, -0.25) is 5.32 Å². The summed E-state index contributed by atoms with van der Waals surface area (Å²) in [4.78, 5) is 26.7. The van der Waals surface area contributed by atoms with Gasteiger partial charge in [0.05, 0.1) is 17.5 Å². The van der Waals surface area contributed by atoms with Crippen LogP contribution in [0.25, 0.3) is 0 Å². The van der Waals surface area contributed by atoms with Crippen LogP contribution in [-0.2, 0) is 17.6 Å². The number of amides is 2. The molecule has 0 spiro atoms. The Balaban J connectivity index is 2.77. The molecule has 1 rings (SSSR count). The van der Waals surface area contributed by atoms with Crippen LogP contribution in [0.15, 0.2) is 0 Å². The number of hydrogen-bond donors (Lipinski definition) is 4.